The minimum absolute atomic E-state index is 0.836. The molecule has 0 atom stereocenters. The Morgan fingerprint density at radius 2 is 1.67 bits per heavy atom. The first kappa shape index (κ1) is 15.1. The standard InChI is InChI=1S/C20H15NOS2/c1-22-18-10-8-17(9-11-18)21-19(13-24-20(21)23)16-7-6-14-4-2-3-5-15(14)12-16/h2-13H,1H3. The molecule has 24 heavy (non-hydrogen) atoms. The summed E-state index contributed by atoms with van der Waals surface area (Å²) in [6.45, 7) is 0. The molecule has 1 aromatic heterocycles. The Labute approximate surface area is 149 Å². The van der Waals surface area contributed by atoms with Crippen molar-refractivity contribution in [2.45, 2.75) is 0 Å². The normalized spacial score (nSPS) is 10.9. The Balaban J connectivity index is 1.87. The Morgan fingerprint density at radius 3 is 2.42 bits per heavy atom. The largest absolute Gasteiger partial charge is 0.497 e. The van der Waals surface area contributed by atoms with E-state index < -0.39 is 0 Å². The zero-order valence-corrected chi connectivity index (χ0v) is 14.7. The van der Waals surface area contributed by atoms with Gasteiger partial charge in [0.1, 0.15) is 5.75 Å². The van der Waals surface area contributed by atoms with Crippen LogP contribution in [0.4, 0.5) is 0 Å². The van der Waals surface area contributed by atoms with Crippen LogP contribution in [0, 0.1) is 3.95 Å². The molecule has 0 saturated carbocycles. The second-order valence-electron chi connectivity index (χ2n) is 5.48. The van der Waals surface area contributed by atoms with Crippen molar-refractivity contribution in [1.29, 1.82) is 0 Å². The first-order valence-electron chi connectivity index (χ1n) is 7.60. The van der Waals surface area contributed by atoms with Crippen molar-refractivity contribution in [3.63, 3.8) is 0 Å². The molecular formula is C20H15NOS2. The number of benzene rings is 3. The molecule has 4 aromatic rings. The quantitative estimate of drug-likeness (QED) is 0.415. The second-order valence-corrected chi connectivity index (χ2v) is 6.99. The lowest BCUT2D eigenvalue weighted by Crippen LogP contribution is -1.96. The number of hydrogen-bond donors (Lipinski definition) is 0. The van der Waals surface area contributed by atoms with Crippen LogP contribution in [0.5, 0.6) is 5.75 Å². The topological polar surface area (TPSA) is 14.2 Å². The number of nitrogens with zero attached hydrogens (tertiary/aromatic N) is 1. The molecule has 0 radical (unpaired) electrons. The Bertz CT molecular complexity index is 1060. The summed E-state index contributed by atoms with van der Waals surface area (Å²) in [5.41, 5.74) is 3.32. The van der Waals surface area contributed by atoms with Crippen LogP contribution in [0.15, 0.2) is 72.1 Å². The fraction of sp³-hybridized carbons (Fsp3) is 0.0500. The fourth-order valence-corrected chi connectivity index (χ4v) is 3.94. The zero-order chi connectivity index (χ0) is 16.5. The highest BCUT2D eigenvalue weighted by molar-refractivity contribution is 7.73. The number of hydrogen-bond acceptors (Lipinski definition) is 3. The van der Waals surface area contributed by atoms with Crippen LogP contribution in [0.25, 0.3) is 27.7 Å². The molecule has 4 heteroatoms. The summed E-state index contributed by atoms with van der Waals surface area (Å²) >= 11 is 7.14. The van der Waals surface area contributed by atoms with E-state index in [9.17, 15) is 0 Å². The number of aromatic nitrogens is 1. The predicted molar refractivity (Wildman–Crippen MR) is 104 cm³/mol. The molecule has 2 nitrogen and oxygen atoms in total. The van der Waals surface area contributed by atoms with Crippen LogP contribution < -0.4 is 4.74 Å². The van der Waals surface area contributed by atoms with Crippen molar-refractivity contribution in [2.24, 2.45) is 0 Å². The summed E-state index contributed by atoms with van der Waals surface area (Å²) < 4.78 is 8.20. The lowest BCUT2D eigenvalue weighted by molar-refractivity contribution is 0.415. The van der Waals surface area contributed by atoms with E-state index in [4.69, 9.17) is 17.0 Å². The SMILES string of the molecule is COc1ccc(-n2c(-c3ccc4ccccc4c3)csc2=S)cc1. The summed E-state index contributed by atoms with van der Waals surface area (Å²) in [6, 6.07) is 22.9. The lowest BCUT2D eigenvalue weighted by Gasteiger charge is -2.10. The molecule has 0 spiro atoms. The lowest BCUT2D eigenvalue weighted by atomic mass is 10.1. The van der Waals surface area contributed by atoms with Crippen molar-refractivity contribution in [2.75, 3.05) is 7.11 Å². The Morgan fingerprint density at radius 1 is 0.917 bits per heavy atom. The molecule has 0 aliphatic carbocycles. The highest BCUT2D eigenvalue weighted by Gasteiger charge is 2.10. The molecule has 0 bridgehead atoms. The van der Waals surface area contributed by atoms with Crippen LogP contribution in [0.3, 0.4) is 0 Å². The minimum Gasteiger partial charge on any atom is -0.497 e. The average Bonchev–Trinajstić information content (AvgIpc) is 3.03. The summed E-state index contributed by atoms with van der Waals surface area (Å²) in [5, 5.41) is 4.59. The summed E-state index contributed by atoms with van der Waals surface area (Å²) in [6.07, 6.45) is 0. The maximum atomic E-state index is 5.56. The molecule has 0 N–H and O–H groups in total. The highest BCUT2D eigenvalue weighted by atomic mass is 32.1. The summed E-state index contributed by atoms with van der Waals surface area (Å²) in [7, 11) is 1.67. The van der Waals surface area contributed by atoms with E-state index in [1.165, 1.54) is 10.8 Å². The molecule has 0 aliphatic heterocycles. The third kappa shape index (κ3) is 2.64. The van der Waals surface area contributed by atoms with Gasteiger partial charge in [0.25, 0.3) is 0 Å². The predicted octanol–water partition coefficient (Wildman–Crippen LogP) is 6.10. The van der Waals surface area contributed by atoms with Gasteiger partial charge in [-0.1, -0.05) is 36.4 Å². The smallest absolute Gasteiger partial charge is 0.166 e. The van der Waals surface area contributed by atoms with Gasteiger partial charge in [-0.25, -0.2) is 0 Å². The van der Waals surface area contributed by atoms with E-state index in [1.54, 1.807) is 18.4 Å². The van der Waals surface area contributed by atoms with E-state index in [2.05, 4.69) is 52.4 Å². The van der Waals surface area contributed by atoms with E-state index >= 15 is 0 Å². The van der Waals surface area contributed by atoms with Crippen LogP contribution in [-0.2, 0) is 0 Å². The molecule has 0 fully saturated rings. The Kier molecular flexibility index (Phi) is 3.92. The van der Waals surface area contributed by atoms with Crippen LogP contribution in [0.2, 0.25) is 0 Å². The zero-order valence-electron chi connectivity index (χ0n) is 13.1. The molecule has 1 heterocycles. The van der Waals surface area contributed by atoms with Gasteiger partial charge in [-0.3, -0.25) is 4.57 Å². The van der Waals surface area contributed by atoms with Crippen molar-refractivity contribution < 1.29 is 4.74 Å². The van der Waals surface area contributed by atoms with E-state index in [1.807, 2.05) is 24.3 Å². The maximum absolute atomic E-state index is 5.56. The van der Waals surface area contributed by atoms with Crippen molar-refractivity contribution in [3.05, 3.63) is 76.1 Å². The molecule has 118 valence electrons. The van der Waals surface area contributed by atoms with Gasteiger partial charge in [0, 0.05) is 16.6 Å². The minimum atomic E-state index is 0.836. The summed E-state index contributed by atoms with van der Waals surface area (Å²) in [4.78, 5) is 0. The van der Waals surface area contributed by atoms with Gasteiger partial charge in [0.05, 0.1) is 12.8 Å². The first-order chi connectivity index (χ1) is 11.8. The molecule has 0 amide bonds. The van der Waals surface area contributed by atoms with Gasteiger partial charge in [0.2, 0.25) is 0 Å². The third-order valence-electron chi connectivity index (χ3n) is 4.07. The van der Waals surface area contributed by atoms with E-state index in [-0.39, 0.29) is 0 Å². The second kappa shape index (κ2) is 6.23. The Hall–Kier alpha value is -2.43. The first-order valence-corrected chi connectivity index (χ1v) is 8.89. The molecule has 0 unspecified atom stereocenters. The third-order valence-corrected chi connectivity index (χ3v) is 5.27. The van der Waals surface area contributed by atoms with Gasteiger partial charge in [0.15, 0.2) is 3.95 Å². The number of fused-ring (bicyclic) bond motifs is 1. The monoisotopic (exact) mass is 349 g/mol. The number of thiazole rings is 1. The van der Waals surface area contributed by atoms with Crippen LogP contribution in [0.1, 0.15) is 0 Å². The molecule has 3 aromatic carbocycles. The van der Waals surface area contributed by atoms with Gasteiger partial charge in [-0.15, -0.1) is 11.3 Å². The molecule has 4 rings (SSSR count). The van der Waals surface area contributed by atoms with Crippen molar-refractivity contribution >= 4 is 34.3 Å². The molecular weight excluding hydrogens is 334 g/mol. The maximum Gasteiger partial charge on any atom is 0.166 e. The van der Waals surface area contributed by atoms with Gasteiger partial charge >= 0.3 is 0 Å². The number of methoxy groups -OCH3 is 1. The highest BCUT2D eigenvalue weighted by Crippen LogP contribution is 2.30. The fourth-order valence-electron chi connectivity index (χ4n) is 2.83. The van der Waals surface area contributed by atoms with Gasteiger partial charge in [-0.2, -0.15) is 0 Å². The summed E-state index contributed by atoms with van der Waals surface area (Å²) in [5.74, 6) is 0.841. The van der Waals surface area contributed by atoms with Crippen molar-refractivity contribution in [3.8, 4) is 22.7 Å². The van der Waals surface area contributed by atoms with Gasteiger partial charge in [-0.05, 0) is 53.3 Å². The van der Waals surface area contributed by atoms with Crippen LogP contribution in [-0.4, -0.2) is 11.7 Å². The van der Waals surface area contributed by atoms with Crippen molar-refractivity contribution in [1.82, 2.24) is 4.57 Å². The molecule has 0 saturated heterocycles. The van der Waals surface area contributed by atoms with E-state index in [0.29, 0.717) is 0 Å². The van der Waals surface area contributed by atoms with Gasteiger partial charge < -0.3 is 4.74 Å². The molecule has 0 aliphatic rings. The average molecular weight is 349 g/mol. The number of rotatable bonds is 3. The van der Waals surface area contributed by atoms with E-state index in [0.717, 1.165) is 26.6 Å². The van der Waals surface area contributed by atoms with Crippen LogP contribution >= 0.6 is 23.6 Å². The number of ether oxygens (including phenoxy) is 1.